The van der Waals surface area contributed by atoms with E-state index in [9.17, 15) is 13.6 Å². The maximum absolute atomic E-state index is 12.2. The lowest BCUT2D eigenvalue weighted by Gasteiger charge is -2.07. The number of alkyl halides is 2. The predicted molar refractivity (Wildman–Crippen MR) is 44.5 cm³/mol. The summed E-state index contributed by atoms with van der Waals surface area (Å²) in [6.45, 7) is -0.521. The van der Waals surface area contributed by atoms with Crippen LogP contribution >= 0.6 is 0 Å². The van der Waals surface area contributed by atoms with Gasteiger partial charge in [-0.05, 0) is 6.07 Å². The number of rotatable bonds is 3. The number of aliphatic hydroxyl groups excluding tert-OH is 1. The molecule has 2 N–H and O–H groups in total. The highest BCUT2D eigenvalue weighted by molar-refractivity contribution is 5.32. The third kappa shape index (κ3) is 1.90. The molecule has 0 aliphatic rings. The van der Waals surface area contributed by atoms with Gasteiger partial charge < -0.3 is 14.8 Å². The van der Waals surface area contributed by atoms with Crippen LogP contribution < -0.4 is 10.3 Å². The number of methoxy groups -OCH3 is 1. The molecule has 0 radical (unpaired) electrons. The molecule has 1 aromatic rings. The first-order valence-corrected chi connectivity index (χ1v) is 3.79. The number of aromatic nitrogens is 1. The largest absolute Gasteiger partial charge is 0.491 e. The molecular weight excluding hydrogens is 196 g/mol. The number of aliphatic hydroxyl groups is 1. The van der Waals surface area contributed by atoms with Crippen molar-refractivity contribution in [1.29, 1.82) is 0 Å². The van der Waals surface area contributed by atoms with Crippen molar-refractivity contribution in [2.45, 2.75) is 13.0 Å². The zero-order valence-electron chi connectivity index (χ0n) is 7.38. The average molecular weight is 205 g/mol. The maximum atomic E-state index is 12.2. The molecule has 4 nitrogen and oxygen atoms in total. The molecule has 78 valence electrons. The number of nitrogens with one attached hydrogen (secondary N) is 1. The van der Waals surface area contributed by atoms with Gasteiger partial charge in [-0.1, -0.05) is 0 Å². The van der Waals surface area contributed by atoms with Crippen molar-refractivity contribution in [3.8, 4) is 5.75 Å². The number of aromatic amines is 1. The van der Waals surface area contributed by atoms with Crippen molar-refractivity contribution in [2.75, 3.05) is 7.11 Å². The van der Waals surface area contributed by atoms with E-state index in [0.717, 1.165) is 6.07 Å². The van der Waals surface area contributed by atoms with Crippen LogP contribution in [0.1, 0.15) is 17.7 Å². The smallest absolute Gasteiger partial charge is 0.291 e. The van der Waals surface area contributed by atoms with Crippen LogP contribution in [0.15, 0.2) is 10.9 Å². The first kappa shape index (κ1) is 10.6. The zero-order valence-corrected chi connectivity index (χ0v) is 7.38. The fourth-order valence-electron chi connectivity index (χ4n) is 1.08. The van der Waals surface area contributed by atoms with Gasteiger partial charge in [-0.15, -0.1) is 0 Å². The minimum absolute atomic E-state index is 0.0477. The topological polar surface area (TPSA) is 62.3 Å². The quantitative estimate of drug-likeness (QED) is 0.767. The van der Waals surface area contributed by atoms with Crippen LogP contribution in [0.5, 0.6) is 5.75 Å². The molecular formula is C8H9F2NO3. The molecule has 1 aromatic heterocycles. The monoisotopic (exact) mass is 205 g/mol. The highest BCUT2D eigenvalue weighted by Gasteiger charge is 2.14. The van der Waals surface area contributed by atoms with Crippen LogP contribution in [-0.2, 0) is 6.61 Å². The molecule has 0 amide bonds. The van der Waals surface area contributed by atoms with E-state index in [-0.39, 0.29) is 11.3 Å². The summed E-state index contributed by atoms with van der Waals surface area (Å²) in [5, 5.41) is 8.80. The Morgan fingerprint density at radius 2 is 2.29 bits per heavy atom. The third-order valence-electron chi connectivity index (χ3n) is 1.70. The summed E-state index contributed by atoms with van der Waals surface area (Å²) in [6.07, 6.45) is -2.78. The number of halogens is 2. The van der Waals surface area contributed by atoms with Gasteiger partial charge in [0.15, 0.2) is 5.75 Å². The van der Waals surface area contributed by atoms with Crippen LogP contribution in [0, 0.1) is 0 Å². The molecule has 6 heteroatoms. The van der Waals surface area contributed by atoms with E-state index in [2.05, 4.69) is 4.74 Å². The molecule has 14 heavy (non-hydrogen) atoms. The van der Waals surface area contributed by atoms with Crippen LogP contribution in [0.2, 0.25) is 0 Å². The van der Waals surface area contributed by atoms with E-state index in [1.54, 1.807) is 0 Å². The van der Waals surface area contributed by atoms with Gasteiger partial charge >= 0.3 is 0 Å². The summed E-state index contributed by atoms with van der Waals surface area (Å²) >= 11 is 0. The lowest BCUT2D eigenvalue weighted by Crippen LogP contribution is -2.14. The maximum Gasteiger partial charge on any atom is 0.291 e. The van der Waals surface area contributed by atoms with E-state index in [4.69, 9.17) is 5.11 Å². The number of H-pyrrole nitrogens is 1. The Bertz CT molecular complexity index is 375. The Balaban J connectivity index is 3.32. The van der Waals surface area contributed by atoms with Gasteiger partial charge in [0.25, 0.3) is 12.0 Å². The molecule has 1 rings (SSSR count). The summed E-state index contributed by atoms with van der Waals surface area (Å²) in [6, 6.07) is 1.00. The van der Waals surface area contributed by atoms with Gasteiger partial charge in [0, 0.05) is 5.56 Å². The minimum atomic E-state index is -2.78. The first-order chi connectivity index (χ1) is 6.60. The van der Waals surface area contributed by atoms with E-state index < -0.39 is 24.3 Å². The van der Waals surface area contributed by atoms with Crippen molar-refractivity contribution in [2.24, 2.45) is 0 Å². The Morgan fingerprint density at radius 1 is 1.64 bits per heavy atom. The lowest BCUT2D eigenvalue weighted by molar-refractivity contribution is 0.145. The predicted octanol–water partition coefficient (Wildman–Crippen LogP) is 0.813. The molecule has 0 bridgehead atoms. The van der Waals surface area contributed by atoms with Crippen molar-refractivity contribution >= 4 is 0 Å². The second-order valence-electron chi connectivity index (χ2n) is 2.57. The standard InChI is InChI=1S/C8H9F2NO3/c1-14-6-4(3-12)2-5(7(9)10)11-8(6)13/h2,7,12H,3H2,1H3,(H,11,13). The molecule has 0 aliphatic carbocycles. The van der Waals surface area contributed by atoms with Gasteiger partial charge in [0.1, 0.15) is 0 Å². The Morgan fingerprint density at radius 3 is 2.71 bits per heavy atom. The second kappa shape index (κ2) is 4.19. The number of hydrogen-bond donors (Lipinski definition) is 2. The van der Waals surface area contributed by atoms with Crippen molar-refractivity contribution < 1.29 is 18.6 Å². The van der Waals surface area contributed by atoms with Crippen molar-refractivity contribution in [1.82, 2.24) is 4.98 Å². The van der Waals surface area contributed by atoms with Crippen LogP contribution in [0.3, 0.4) is 0 Å². The van der Waals surface area contributed by atoms with Crippen LogP contribution in [0.25, 0.3) is 0 Å². The highest BCUT2D eigenvalue weighted by atomic mass is 19.3. The van der Waals surface area contributed by atoms with E-state index in [1.165, 1.54) is 7.11 Å². The zero-order chi connectivity index (χ0) is 10.7. The third-order valence-corrected chi connectivity index (χ3v) is 1.70. The minimum Gasteiger partial charge on any atom is -0.491 e. The molecule has 0 fully saturated rings. The van der Waals surface area contributed by atoms with Crippen LogP contribution in [-0.4, -0.2) is 17.2 Å². The Labute approximate surface area is 78.1 Å². The van der Waals surface area contributed by atoms with Crippen molar-refractivity contribution in [3.05, 3.63) is 27.7 Å². The SMILES string of the molecule is COc1c(CO)cc(C(F)F)[nH]c1=O. The normalized spacial score (nSPS) is 10.6. The fraction of sp³-hybridized carbons (Fsp3) is 0.375. The first-order valence-electron chi connectivity index (χ1n) is 3.79. The molecule has 1 heterocycles. The number of hydrogen-bond acceptors (Lipinski definition) is 3. The van der Waals surface area contributed by atoms with Crippen molar-refractivity contribution in [3.63, 3.8) is 0 Å². The molecule has 0 aliphatic heterocycles. The van der Waals surface area contributed by atoms with Gasteiger partial charge in [-0.2, -0.15) is 0 Å². The Kier molecular flexibility index (Phi) is 3.19. The number of ether oxygens (including phenoxy) is 1. The molecule has 0 aromatic carbocycles. The average Bonchev–Trinajstić information content (AvgIpc) is 2.16. The molecule has 0 atom stereocenters. The highest BCUT2D eigenvalue weighted by Crippen LogP contribution is 2.20. The van der Waals surface area contributed by atoms with E-state index in [0.29, 0.717) is 0 Å². The van der Waals surface area contributed by atoms with Gasteiger partial charge in [-0.3, -0.25) is 4.79 Å². The fourth-order valence-corrected chi connectivity index (χ4v) is 1.08. The molecule has 0 saturated heterocycles. The molecule has 0 saturated carbocycles. The van der Waals surface area contributed by atoms with E-state index in [1.807, 2.05) is 4.98 Å². The summed E-state index contributed by atoms with van der Waals surface area (Å²) < 4.78 is 29.1. The summed E-state index contributed by atoms with van der Waals surface area (Å²) in [7, 11) is 1.23. The summed E-state index contributed by atoms with van der Waals surface area (Å²) in [5.74, 6) is -0.142. The van der Waals surface area contributed by atoms with Gasteiger partial charge in [-0.25, -0.2) is 8.78 Å². The Hall–Kier alpha value is -1.43. The lowest BCUT2D eigenvalue weighted by atomic mass is 10.2. The second-order valence-corrected chi connectivity index (χ2v) is 2.57. The number of pyridine rings is 1. The van der Waals surface area contributed by atoms with E-state index >= 15 is 0 Å². The molecule has 0 spiro atoms. The van der Waals surface area contributed by atoms with Gasteiger partial charge in [0.2, 0.25) is 0 Å². The van der Waals surface area contributed by atoms with Gasteiger partial charge in [0.05, 0.1) is 19.4 Å². The van der Waals surface area contributed by atoms with Crippen LogP contribution in [0.4, 0.5) is 8.78 Å². The summed E-state index contributed by atoms with van der Waals surface area (Å²) in [5.41, 5.74) is -1.25. The summed E-state index contributed by atoms with van der Waals surface area (Å²) in [4.78, 5) is 13.1. The molecule has 0 unspecified atom stereocenters.